The van der Waals surface area contributed by atoms with Crippen molar-refractivity contribution in [3.63, 3.8) is 0 Å². The molecule has 0 saturated heterocycles. The van der Waals surface area contributed by atoms with Gasteiger partial charge >= 0.3 is 0 Å². The Hall–Kier alpha value is 0. The minimum Gasteiger partial charge on any atom is -0.0776 e. The molecule has 0 amide bonds. The zero-order chi connectivity index (χ0) is 20.8. The Morgan fingerprint density at radius 3 is 0.778 bits per heavy atom. The van der Waals surface area contributed by atoms with Crippen molar-refractivity contribution in [1.82, 2.24) is 0 Å². The van der Waals surface area contributed by atoms with Crippen molar-refractivity contribution in [1.29, 1.82) is 0 Å². The van der Waals surface area contributed by atoms with E-state index in [-0.39, 0.29) is 44.6 Å². The molecule has 4 aliphatic rings. The van der Waals surface area contributed by atoms with Crippen LogP contribution in [0.25, 0.3) is 0 Å². The molecule has 0 aromatic heterocycles. The molecule has 0 aromatic rings. The molecule has 4 rings (SSSR count). The summed E-state index contributed by atoms with van der Waals surface area (Å²) in [5, 5.41) is 0. The monoisotopic (exact) mass is 511 g/mol. The molecule has 0 unspecified atom stereocenters. The van der Waals surface area contributed by atoms with Crippen molar-refractivity contribution in [2.45, 2.75) is 187 Å². The molecular formula is C36H78. The van der Waals surface area contributed by atoms with Crippen LogP contribution < -0.4 is 0 Å². The summed E-state index contributed by atoms with van der Waals surface area (Å²) in [6, 6.07) is 0. The Balaban J connectivity index is -0.00000181. The lowest BCUT2D eigenvalue weighted by Gasteiger charge is -2.36. The minimum absolute atomic E-state index is 0. The molecule has 4 saturated carbocycles. The summed E-state index contributed by atoms with van der Waals surface area (Å²) in [7, 11) is 0. The summed E-state index contributed by atoms with van der Waals surface area (Å²) in [6.45, 7) is 4.92. The zero-order valence-corrected chi connectivity index (χ0v) is 20.8. The van der Waals surface area contributed by atoms with Crippen LogP contribution in [0.3, 0.4) is 0 Å². The molecule has 0 bridgehead atoms. The van der Waals surface area contributed by atoms with Crippen LogP contribution in [0.4, 0.5) is 0 Å². The van der Waals surface area contributed by atoms with E-state index in [1.54, 1.807) is 103 Å². The molecule has 0 aromatic carbocycles. The second-order valence-electron chi connectivity index (χ2n) is 13.1. The second-order valence-corrected chi connectivity index (χ2v) is 13.1. The molecule has 0 heterocycles. The van der Waals surface area contributed by atoms with Crippen molar-refractivity contribution < 1.29 is 0 Å². The molecule has 36 heavy (non-hydrogen) atoms. The molecule has 0 heteroatoms. The standard InChI is InChI=1S/C30H54.6CH4/c1-23-3-7-25(8-4-23)11-12-26-13-15-28(16-14-26)22-30-19-17-29(18-20-30)21-27-9-5-24(2)6-10-27;;;;;;/h23-30H,3-22H2,1-2H3;6*1H4. The van der Waals surface area contributed by atoms with Gasteiger partial charge in [-0.05, 0) is 60.2 Å². The maximum absolute atomic E-state index is 2.46. The quantitative estimate of drug-likeness (QED) is 0.319. The summed E-state index contributed by atoms with van der Waals surface area (Å²) in [4.78, 5) is 0. The number of hydrogen-bond acceptors (Lipinski definition) is 0. The third-order valence-electron chi connectivity index (χ3n) is 10.5. The fourth-order valence-corrected chi connectivity index (χ4v) is 8.06. The highest BCUT2D eigenvalue weighted by Gasteiger charge is 2.29. The van der Waals surface area contributed by atoms with Crippen molar-refractivity contribution in [2.24, 2.45) is 47.3 Å². The Bertz CT molecular complexity index is 448. The molecule has 222 valence electrons. The third kappa shape index (κ3) is 13.2. The minimum atomic E-state index is 0. The van der Waals surface area contributed by atoms with Gasteiger partial charge in [-0.25, -0.2) is 0 Å². The summed E-state index contributed by atoms with van der Waals surface area (Å²) in [6.07, 6.45) is 31.1. The van der Waals surface area contributed by atoms with Gasteiger partial charge in [0, 0.05) is 0 Å². The highest BCUT2D eigenvalue weighted by atomic mass is 14.3. The van der Waals surface area contributed by atoms with E-state index in [0.717, 1.165) is 47.3 Å². The maximum atomic E-state index is 2.46. The molecule has 4 aliphatic carbocycles. The average Bonchev–Trinajstić information content (AvgIpc) is 2.77. The van der Waals surface area contributed by atoms with E-state index >= 15 is 0 Å². The van der Waals surface area contributed by atoms with Crippen LogP contribution >= 0.6 is 0 Å². The molecule has 0 aliphatic heterocycles. The molecule has 0 atom stereocenters. The van der Waals surface area contributed by atoms with Gasteiger partial charge in [-0.2, -0.15) is 0 Å². The Morgan fingerprint density at radius 1 is 0.306 bits per heavy atom. The lowest BCUT2D eigenvalue weighted by atomic mass is 9.70. The molecular weight excluding hydrogens is 432 g/mol. The van der Waals surface area contributed by atoms with Gasteiger partial charge in [-0.3, -0.25) is 0 Å². The van der Waals surface area contributed by atoms with E-state index in [1.165, 1.54) is 25.7 Å². The van der Waals surface area contributed by atoms with Crippen LogP contribution in [0, 0.1) is 47.3 Å². The Morgan fingerprint density at radius 2 is 0.500 bits per heavy atom. The Kier molecular flexibility index (Phi) is 23.5. The van der Waals surface area contributed by atoms with Gasteiger partial charge in [-0.1, -0.05) is 174 Å². The van der Waals surface area contributed by atoms with Crippen molar-refractivity contribution in [3.05, 3.63) is 0 Å². The normalized spacial score (nSPS) is 36.2. The maximum Gasteiger partial charge on any atom is -0.0411 e. The predicted molar refractivity (Wildman–Crippen MR) is 172 cm³/mol. The number of hydrogen-bond donors (Lipinski definition) is 0. The van der Waals surface area contributed by atoms with E-state index in [4.69, 9.17) is 0 Å². The lowest BCUT2D eigenvalue weighted by Crippen LogP contribution is -2.23. The summed E-state index contributed by atoms with van der Waals surface area (Å²) >= 11 is 0. The van der Waals surface area contributed by atoms with Gasteiger partial charge in [-0.15, -0.1) is 0 Å². The average molecular weight is 511 g/mol. The van der Waals surface area contributed by atoms with Crippen LogP contribution in [-0.2, 0) is 0 Å². The molecule has 4 fully saturated rings. The second kappa shape index (κ2) is 20.9. The van der Waals surface area contributed by atoms with E-state index in [9.17, 15) is 0 Å². The largest absolute Gasteiger partial charge is 0.0776 e. The van der Waals surface area contributed by atoms with Crippen LogP contribution in [-0.4, -0.2) is 0 Å². The van der Waals surface area contributed by atoms with Gasteiger partial charge in [0.05, 0.1) is 0 Å². The highest BCUT2D eigenvalue weighted by molar-refractivity contribution is 4.81. The van der Waals surface area contributed by atoms with Gasteiger partial charge in [0.25, 0.3) is 0 Å². The van der Waals surface area contributed by atoms with Gasteiger partial charge in [0.2, 0.25) is 0 Å². The fourth-order valence-electron chi connectivity index (χ4n) is 8.06. The van der Waals surface area contributed by atoms with Crippen LogP contribution in [0.1, 0.15) is 187 Å². The fraction of sp³-hybridized carbons (Fsp3) is 1.00. The molecule has 0 spiro atoms. The van der Waals surface area contributed by atoms with E-state index in [0.29, 0.717) is 0 Å². The van der Waals surface area contributed by atoms with Crippen molar-refractivity contribution in [3.8, 4) is 0 Å². The van der Waals surface area contributed by atoms with Crippen molar-refractivity contribution >= 4 is 0 Å². The van der Waals surface area contributed by atoms with Crippen LogP contribution in [0.5, 0.6) is 0 Å². The Labute approximate surface area is 234 Å². The molecule has 0 N–H and O–H groups in total. The number of rotatable bonds is 7. The first-order valence-corrected chi connectivity index (χ1v) is 14.6. The molecule has 0 nitrogen and oxygen atoms in total. The first-order valence-electron chi connectivity index (χ1n) is 14.6. The summed E-state index contributed by atoms with van der Waals surface area (Å²) in [5.41, 5.74) is 0. The van der Waals surface area contributed by atoms with Gasteiger partial charge in [0.15, 0.2) is 0 Å². The highest BCUT2D eigenvalue weighted by Crippen LogP contribution is 2.43. The van der Waals surface area contributed by atoms with E-state index in [2.05, 4.69) is 13.8 Å². The van der Waals surface area contributed by atoms with Gasteiger partial charge in [0.1, 0.15) is 0 Å². The SMILES string of the molecule is C.C.C.C.C.C.CC1CCC(CCC2CCC(CC3CCC(CC4CCC(C)CC4)CC3)CC2)CC1. The molecule has 0 radical (unpaired) electrons. The van der Waals surface area contributed by atoms with E-state index < -0.39 is 0 Å². The third-order valence-corrected chi connectivity index (χ3v) is 10.5. The predicted octanol–water partition coefficient (Wildman–Crippen LogP) is 13.6. The zero-order valence-electron chi connectivity index (χ0n) is 20.8. The van der Waals surface area contributed by atoms with E-state index in [1.807, 2.05) is 0 Å². The summed E-state index contributed by atoms with van der Waals surface area (Å²) in [5.74, 6) is 8.59. The van der Waals surface area contributed by atoms with Gasteiger partial charge < -0.3 is 0 Å². The van der Waals surface area contributed by atoms with Crippen LogP contribution in [0.15, 0.2) is 0 Å². The van der Waals surface area contributed by atoms with Crippen LogP contribution in [0.2, 0.25) is 0 Å². The smallest absolute Gasteiger partial charge is 0.0411 e. The van der Waals surface area contributed by atoms with Crippen molar-refractivity contribution in [2.75, 3.05) is 0 Å². The first kappa shape index (κ1) is 40.5. The first-order chi connectivity index (χ1) is 14.6. The topological polar surface area (TPSA) is 0 Å². The summed E-state index contributed by atoms with van der Waals surface area (Å²) < 4.78 is 0. The lowest BCUT2D eigenvalue weighted by molar-refractivity contribution is 0.161.